The Labute approximate surface area is 136 Å². The fourth-order valence-corrected chi connectivity index (χ4v) is 5.65. The van der Waals surface area contributed by atoms with Crippen molar-refractivity contribution in [2.24, 2.45) is 4.40 Å². The van der Waals surface area contributed by atoms with E-state index < -0.39 is 10.0 Å². The minimum atomic E-state index is -3.21. The molecule has 4 nitrogen and oxygen atoms in total. The van der Waals surface area contributed by atoms with Crippen molar-refractivity contribution >= 4 is 31.0 Å². The third kappa shape index (κ3) is 3.90. The van der Waals surface area contributed by atoms with E-state index in [9.17, 15) is 8.42 Å². The summed E-state index contributed by atoms with van der Waals surface area (Å²) in [5.74, 6) is 1.44. The average Bonchev–Trinajstić information content (AvgIpc) is 2.44. The van der Waals surface area contributed by atoms with E-state index in [1.165, 1.54) is 51.4 Å². The predicted octanol–water partition coefficient (Wildman–Crippen LogP) is 1.54. The first kappa shape index (κ1) is 16.4. The molecule has 0 N–H and O–H groups in total. The molecule has 0 amide bonds. The second-order valence-electron chi connectivity index (χ2n) is 7.84. The van der Waals surface area contributed by atoms with Gasteiger partial charge in [0.1, 0.15) is 13.1 Å². The van der Waals surface area contributed by atoms with Gasteiger partial charge in [-0.25, -0.2) is 8.42 Å². The molecule has 1 saturated heterocycles. The first-order valence-corrected chi connectivity index (χ1v) is 10.7. The second kappa shape index (κ2) is 6.58. The molecule has 2 aliphatic heterocycles. The van der Waals surface area contributed by atoms with Crippen LogP contribution in [0, 0.1) is 0 Å². The number of rotatable bonds is 2. The van der Waals surface area contributed by atoms with E-state index in [2.05, 4.69) is 17.1 Å². The number of piperidine rings is 1. The summed E-state index contributed by atoms with van der Waals surface area (Å²) in [4.78, 5) is 2.24. The van der Waals surface area contributed by atoms with Crippen molar-refractivity contribution in [1.82, 2.24) is 4.90 Å². The monoisotopic (exact) mass is 322 g/mol. The lowest BCUT2D eigenvalue weighted by Crippen LogP contribution is -2.47. The van der Waals surface area contributed by atoms with Crippen LogP contribution in [-0.2, 0) is 10.0 Å². The lowest BCUT2D eigenvalue weighted by atomic mass is 9.34. The van der Waals surface area contributed by atoms with Gasteiger partial charge >= 0.3 is 0 Å². The molecule has 1 aliphatic carbocycles. The molecular formula is C15H28B2N2O2S. The van der Waals surface area contributed by atoms with Crippen LogP contribution in [0.1, 0.15) is 57.8 Å². The predicted molar refractivity (Wildman–Crippen MR) is 96.5 cm³/mol. The SMILES string of the molecule is BC1(BC2CCCN3CCS(=O)(=O)N=C23)CCCCCCC1. The Kier molecular flexibility index (Phi) is 4.91. The zero-order valence-electron chi connectivity index (χ0n) is 13.9. The van der Waals surface area contributed by atoms with Gasteiger partial charge in [-0.1, -0.05) is 50.2 Å². The summed E-state index contributed by atoms with van der Waals surface area (Å²) in [6.07, 6.45) is 11.7. The lowest BCUT2D eigenvalue weighted by molar-refractivity contribution is 0.378. The van der Waals surface area contributed by atoms with Crippen LogP contribution in [0.15, 0.2) is 4.40 Å². The molecule has 2 heterocycles. The van der Waals surface area contributed by atoms with Crippen molar-refractivity contribution in [2.75, 3.05) is 18.8 Å². The number of amidine groups is 1. The quantitative estimate of drug-likeness (QED) is 0.725. The van der Waals surface area contributed by atoms with E-state index in [-0.39, 0.29) is 5.75 Å². The molecule has 0 aromatic carbocycles. The summed E-state index contributed by atoms with van der Waals surface area (Å²) < 4.78 is 28.0. The van der Waals surface area contributed by atoms with Crippen molar-refractivity contribution in [3.8, 4) is 0 Å². The van der Waals surface area contributed by atoms with Crippen LogP contribution >= 0.6 is 0 Å². The standard InChI is InChI=1S/C15H28B2N2O2S/c16-15(8-4-2-1-3-5-9-15)17-13-7-6-10-19-11-12-22(20,21)18-14(13)19/h13,17H,1-12,16H2. The molecule has 0 aromatic heterocycles. The normalized spacial score (nSPS) is 31.4. The molecule has 2 fully saturated rings. The van der Waals surface area contributed by atoms with Gasteiger partial charge in [0.05, 0.1) is 13.6 Å². The zero-order valence-corrected chi connectivity index (χ0v) is 14.7. The first-order valence-electron chi connectivity index (χ1n) is 9.05. The lowest BCUT2D eigenvalue weighted by Gasteiger charge is -2.41. The molecule has 1 atom stereocenters. The Morgan fingerprint density at radius 1 is 1.09 bits per heavy atom. The molecule has 122 valence electrons. The van der Waals surface area contributed by atoms with E-state index in [1.807, 2.05) is 0 Å². The summed E-state index contributed by atoms with van der Waals surface area (Å²) >= 11 is 0. The van der Waals surface area contributed by atoms with Crippen LogP contribution in [0.3, 0.4) is 0 Å². The number of hydrogen-bond donors (Lipinski definition) is 0. The van der Waals surface area contributed by atoms with Crippen molar-refractivity contribution in [3.63, 3.8) is 0 Å². The summed E-state index contributed by atoms with van der Waals surface area (Å²) in [6.45, 7) is 1.63. The fraction of sp³-hybridized carbons (Fsp3) is 0.933. The van der Waals surface area contributed by atoms with Crippen LogP contribution in [-0.4, -0.2) is 53.1 Å². The van der Waals surface area contributed by atoms with Crippen molar-refractivity contribution in [1.29, 1.82) is 0 Å². The van der Waals surface area contributed by atoms with Gasteiger partial charge in [0.2, 0.25) is 0 Å². The molecule has 22 heavy (non-hydrogen) atoms. The van der Waals surface area contributed by atoms with Crippen molar-refractivity contribution in [2.45, 2.75) is 68.8 Å². The van der Waals surface area contributed by atoms with Gasteiger partial charge in [-0.3, -0.25) is 0 Å². The molecule has 0 bridgehead atoms. The summed E-state index contributed by atoms with van der Waals surface area (Å²) in [7, 11) is 0.335. The summed E-state index contributed by atoms with van der Waals surface area (Å²) in [5, 5.41) is 0.373. The van der Waals surface area contributed by atoms with Gasteiger partial charge in [0, 0.05) is 13.1 Å². The number of fused-ring (bicyclic) bond motifs is 1. The zero-order chi connectivity index (χ0) is 15.6. The second-order valence-corrected chi connectivity index (χ2v) is 9.60. The van der Waals surface area contributed by atoms with Gasteiger partial charge in [-0.15, -0.1) is 0 Å². The van der Waals surface area contributed by atoms with Gasteiger partial charge in [0.25, 0.3) is 10.0 Å². The van der Waals surface area contributed by atoms with Crippen LogP contribution in [0.25, 0.3) is 0 Å². The van der Waals surface area contributed by atoms with E-state index in [1.54, 1.807) is 0 Å². The van der Waals surface area contributed by atoms with Crippen LogP contribution in [0.2, 0.25) is 11.0 Å². The fourth-order valence-electron chi connectivity index (χ4n) is 4.55. The molecule has 3 aliphatic rings. The number of hydrogen-bond acceptors (Lipinski definition) is 3. The molecule has 1 unspecified atom stereocenters. The highest BCUT2D eigenvalue weighted by Gasteiger charge is 2.38. The molecule has 3 rings (SSSR count). The smallest absolute Gasteiger partial charge is 0.256 e. The molecule has 0 radical (unpaired) electrons. The number of nitrogens with zero attached hydrogens (tertiary/aromatic N) is 2. The van der Waals surface area contributed by atoms with Crippen LogP contribution in [0.4, 0.5) is 0 Å². The third-order valence-corrected chi connectivity index (χ3v) is 6.99. The Bertz CT molecular complexity index is 528. The van der Waals surface area contributed by atoms with Gasteiger partial charge < -0.3 is 4.90 Å². The van der Waals surface area contributed by atoms with E-state index >= 15 is 0 Å². The average molecular weight is 322 g/mol. The van der Waals surface area contributed by atoms with Gasteiger partial charge in [-0.05, 0) is 18.7 Å². The highest BCUT2D eigenvalue weighted by Crippen LogP contribution is 2.41. The van der Waals surface area contributed by atoms with E-state index in [0.717, 1.165) is 26.1 Å². The van der Waals surface area contributed by atoms with Gasteiger partial charge in [-0.2, -0.15) is 4.40 Å². The first-order chi connectivity index (χ1) is 10.5. The minimum Gasteiger partial charge on any atom is -0.359 e. The molecule has 7 heteroatoms. The molecule has 0 spiro atoms. The Hall–Kier alpha value is -0.450. The highest BCUT2D eigenvalue weighted by atomic mass is 32.2. The van der Waals surface area contributed by atoms with E-state index in [0.29, 0.717) is 17.6 Å². The largest absolute Gasteiger partial charge is 0.359 e. The topological polar surface area (TPSA) is 49.7 Å². The number of sulfonamides is 1. The van der Waals surface area contributed by atoms with Crippen molar-refractivity contribution < 1.29 is 8.42 Å². The Morgan fingerprint density at radius 3 is 2.50 bits per heavy atom. The van der Waals surface area contributed by atoms with Gasteiger partial charge in [0.15, 0.2) is 0 Å². The Balaban J connectivity index is 1.76. The van der Waals surface area contributed by atoms with Crippen molar-refractivity contribution in [3.05, 3.63) is 0 Å². The maximum absolute atomic E-state index is 11.9. The molecule has 0 aromatic rings. The maximum Gasteiger partial charge on any atom is 0.256 e. The van der Waals surface area contributed by atoms with E-state index in [4.69, 9.17) is 0 Å². The minimum absolute atomic E-state index is 0.195. The van der Waals surface area contributed by atoms with Crippen LogP contribution in [0.5, 0.6) is 0 Å². The third-order valence-electron chi connectivity index (χ3n) is 5.82. The maximum atomic E-state index is 11.9. The van der Waals surface area contributed by atoms with Crippen LogP contribution < -0.4 is 0 Å². The summed E-state index contributed by atoms with van der Waals surface area (Å²) in [5.41, 5.74) is 0. The Morgan fingerprint density at radius 2 is 1.77 bits per heavy atom. The highest BCUT2D eigenvalue weighted by molar-refractivity contribution is 7.90. The summed E-state index contributed by atoms with van der Waals surface area (Å²) in [6, 6.07) is 0. The molecular weight excluding hydrogens is 294 g/mol. The molecule has 1 saturated carbocycles.